The Bertz CT molecular complexity index is 1270. The van der Waals surface area contributed by atoms with Crippen LogP contribution in [0.15, 0.2) is 64.8 Å². The van der Waals surface area contributed by atoms with Crippen LogP contribution in [0.3, 0.4) is 0 Å². The van der Waals surface area contributed by atoms with Gasteiger partial charge in [0.15, 0.2) is 0 Å². The highest BCUT2D eigenvalue weighted by atomic mass is 35.5. The summed E-state index contributed by atoms with van der Waals surface area (Å²) in [4.78, 5) is 18.1. The normalized spacial score (nSPS) is 20.0. The second-order valence-electron chi connectivity index (χ2n) is 9.17. The van der Waals surface area contributed by atoms with E-state index in [0.29, 0.717) is 26.9 Å². The van der Waals surface area contributed by atoms with Gasteiger partial charge in [-0.05, 0) is 60.9 Å². The third kappa shape index (κ3) is 8.44. The second-order valence-corrected chi connectivity index (χ2v) is 9.61. The molecular weight excluding hydrogens is 539 g/mol. The Morgan fingerprint density at radius 2 is 1.92 bits per heavy atom. The summed E-state index contributed by atoms with van der Waals surface area (Å²) >= 11 is 6.04. The molecule has 1 unspecified atom stereocenters. The number of nitrogens with one attached hydrogen (secondary N) is 2. The van der Waals surface area contributed by atoms with Gasteiger partial charge in [0.05, 0.1) is 30.9 Å². The number of benzene rings is 2. The summed E-state index contributed by atoms with van der Waals surface area (Å²) in [6, 6.07) is 10.8. The molecule has 0 spiro atoms. The zero-order valence-corrected chi connectivity index (χ0v) is 21.6. The maximum Gasteiger partial charge on any atom is 0.390 e. The summed E-state index contributed by atoms with van der Waals surface area (Å²) in [5, 5.41) is 41.0. The van der Waals surface area contributed by atoms with Crippen LogP contribution in [-0.2, 0) is 0 Å². The number of aliphatic hydroxyl groups excluding tert-OH is 1. The first-order valence-electron chi connectivity index (χ1n) is 11.9. The number of rotatable bonds is 7. The Morgan fingerprint density at radius 1 is 1.23 bits per heavy atom. The molecule has 0 aromatic heterocycles. The van der Waals surface area contributed by atoms with Crippen molar-refractivity contribution in [3.63, 3.8) is 0 Å². The summed E-state index contributed by atoms with van der Waals surface area (Å²) in [7, 11) is 0. The van der Waals surface area contributed by atoms with E-state index in [2.05, 4.69) is 10.3 Å². The first-order valence-corrected chi connectivity index (χ1v) is 12.3. The summed E-state index contributed by atoms with van der Waals surface area (Å²) in [5.74, 6) is -0.593. The summed E-state index contributed by atoms with van der Waals surface area (Å²) in [6.07, 6.45) is -5.53. The van der Waals surface area contributed by atoms with E-state index in [0.717, 1.165) is 0 Å². The highest BCUT2D eigenvalue weighted by Crippen LogP contribution is 2.33. The van der Waals surface area contributed by atoms with E-state index in [-0.39, 0.29) is 42.8 Å². The van der Waals surface area contributed by atoms with Crippen LogP contribution < -0.4 is 11.1 Å². The van der Waals surface area contributed by atoms with Gasteiger partial charge in [0, 0.05) is 35.0 Å². The lowest BCUT2D eigenvalue weighted by Gasteiger charge is -2.33. The lowest BCUT2D eigenvalue weighted by molar-refractivity contribution is -0.135. The fourth-order valence-corrected chi connectivity index (χ4v) is 4.18. The van der Waals surface area contributed by atoms with Gasteiger partial charge >= 0.3 is 12.2 Å². The number of allylic oxidation sites excluding steroid dienone is 1. The molecule has 3 rings (SSSR count). The molecule has 0 bridgehead atoms. The predicted octanol–water partition coefficient (Wildman–Crippen LogP) is 4.23. The molecule has 0 aliphatic heterocycles. The number of amidine groups is 1. The zero-order valence-electron chi connectivity index (χ0n) is 20.8. The number of amides is 2. The number of aromatic hydroxyl groups is 1. The van der Waals surface area contributed by atoms with Gasteiger partial charge in [-0.25, -0.2) is 4.79 Å². The van der Waals surface area contributed by atoms with Crippen molar-refractivity contribution >= 4 is 34.9 Å². The number of carbonyl (C=O) groups is 1. The van der Waals surface area contributed by atoms with E-state index in [4.69, 9.17) is 22.7 Å². The van der Waals surface area contributed by atoms with Crippen molar-refractivity contribution in [2.45, 2.75) is 37.5 Å². The minimum absolute atomic E-state index is 0.0246. The standard InChI is InChI=1S/C26H29ClF3N5O4/c27-17-2-1-3-18(12-17)34-22-13-25(39,15-36)9-8-20(22)21(31)14-33-24(38)35(11-10-26(28,29)30)23(32)16-4-6-19(37)7-5-16/h1-7,12,32,36-37,39H,8-11,13-15,31H2,(H,33,38)/b21-20-,32-23?,34-22?. The molecule has 2 aromatic rings. The van der Waals surface area contributed by atoms with Gasteiger partial charge in [0.25, 0.3) is 0 Å². The molecule has 1 aliphatic carbocycles. The van der Waals surface area contributed by atoms with Crippen molar-refractivity contribution in [1.82, 2.24) is 10.2 Å². The SMILES string of the molecule is N=C(c1ccc(O)cc1)N(CCC(F)(F)F)C(=O)NC/C(N)=C1\CCC(O)(CO)CC1=Nc1cccc(Cl)c1. The molecule has 0 saturated heterocycles. The number of aliphatic imine (C=N–C) groups is 1. The number of alkyl halides is 3. The van der Waals surface area contributed by atoms with E-state index in [9.17, 15) is 33.3 Å². The average molecular weight is 568 g/mol. The number of hydrogen-bond acceptors (Lipinski definition) is 7. The molecule has 2 amide bonds. The van der Waals surface area contributed by atoms with Crippen molar-refractivity contribution < 1.29 is 33.3 Å². The molecule has 0 heterocycles. The Hall–Kier alpha value is -3.61. The Kier molecular flexibility index (Phi) is 9.59. The van der Waals surface area contributed by atoms with Crippen molar-refractivity contribution in [2.24, 2.45) is 10.7 Å². The number of carbonyl (C=O) groups excluding carboxylic acids is 1. The number of aliphatic hydroxyl groups is 2. The van der Waals surface area contributed by atoms with E-state index >= 15 is 0 Å². The van der Waals surface area contributed by atoms with E-state index in [1.807, 2.05) is 0 Å². The number of phenolic OH excluding ortho intramolecular Hbond substituents is 1. The molecule has 2 aromatic carbocycles. The Labute approximate surface area is 227 Å². The topological polar surface area (TPSA) is 155 Å². The van der Waals surface area contributed by atoms with Crippen LogP contribution >= 0.6 is 11.6 Å². The molecule has 7 N–H and O–H groups in total. The van der Waals surface area contributed by atoms with Crippen molar-refractivity contribution in [2.75, 3.05) is 19.7 Å². The van der Waals surface area contributed by atoms with Crippen LogP contribution in [0.5, 0.6) is 5.75 Å². The molecule has 13 heteroatoms. The summed E-state index contributed by atoms with van der Waals surface area (Å²) in [6.45, 7) is -1.58. The maximum absolute atomic E-state index is 12.9. The average Bonchev–Trinajstić information content (AvgIpc) is 2.87. The summed E-state index contributed by atoms with van der Waals surface area (Å²) in [5.41, 5.74) is 6.53. The van der Waals surface area contributed by atoms with Gasteiger partial charge in [-0.2, -0.15) is 13.2 Å². The number of urea groups is 1. The van der Waals surface area contributed by atoms with Gasteiger partial charge in [0.2, 0.25) is 0 Å². The Morgan fingerprint density at radius 3 is 2.54 bits per heavy atom. The molecule has 1 atom stereocenters. The summed E-state index contributed by atoms with van der Waals surface area (Å²) < 4.78 is 38.8. The van der Waals surface area contributed by atoms with E-state index in [1.165, 1.54) is 24.3 Å². The van der Waals surface area contributed by atoms with Crippen LogP contribution in [-0.4, -0.2) is 69.3 Å². The Balaban J connectivity index is 1.84. The third-order valence-corrected chi connectivity index (χ3v) is 6.38. The quantitative estimate of drug-likeness (QED) is 0.218. The van der Waals surface area contributed by atoms with Gasteiger partial charge < -0.3 is 26.4 Å². The van der Waals surface area contributed by atoms with E-state index < -0.39 is 43.2 Å². The molecule has 0 radical (unpaired) electrons. The first-order chi connectivity index (χ1) is 18.3. The van der Waals surface area contributed by atoms with Crippen LogP contribution in [0.2, 0.25) is 5.02 Å². The van der Waals surface area contributed by atoms with Crippen LogP contribution in [0, 0.1) is 5.41 Å². The van der Waals surface area contributed by atoms with Crippen LogP contribution in [0.25, 0.3) is 0 Å². The lowest BCUT2D eigenvalue weighted by atomic mass is 9.80. The molecule has 210 valence electrons. The number of halogens is 4. The van der Waals surface area contributed by atoms with Crippen molar-refractivity contribution in [3.8, 4) is 5.75 Å². The van der Waals surface area contributed by atoms with Gasteiger partial charge in [-0.15, -0.1) is 0 Å². The molecule has 39 heavy (non-hydrogen) atoms. The molecule has 9 nitrogen and oxygen atoms in total. The van der Waals surface area contributed by atoms with Crippen molar-refractivity contribution in [1.29, 1.82) is 5.41 Å². The van der Waals surface area contributed by atoms with Crippen LogP contribution in [0.4, 0.5) is 23.7 Å². The largest absolute Gasteiger partial charge is 0.508 e. The van der Waals surface area contributed by atoms with Crippen LogP contribution in [0.1, 0.15) is 31.2 Å². The second kappa shape index (κ2) is 12.5. The molecular formula is C26H29ClF3N5O4. The lowest BCUT2D eigenvalue weighted by Crippen LogP contribution is -2.46. The fraction of sp³-hybridized carbons (Fsp3) is 0.346. The molecule has 1 aliphatic rings. The van der Waals surface area contributed by atoms with Gasteiger partial charge in [-0.3, -0.25) is 15.3 Å². The van der Waals surface area contributed by atoms with Gasteiger partial charge in [-0.1, -0.05) is 17.7 Å². The fourth-order valence-electron chi connectivity index (χ4n) is 4.00. The van der Waals surface area contributed by atoms with Gasteiger partial charge in [0.1, 0.15) is 11.6 Å². The number of nitrogens with zero attached hydrogens (tertiary/aromatic N) is 2. The smallest absolute Gasteiger partial charge is 0.390 e. The minimum atomic E-state index is -4.56. The van der Waals surface area contributed by atoms with Crippen molar-refractivity contribution in [3.05, 3.63) is 70.4 Å². The highest BCUT2D eigenvalue weighted by Gasteiger charge is 2.35. The number of nitrogens with two attached hydrogens (primary N) is 1. The minimum Gasteiger partial charge on any atom is -0.508 e. The number of hydrogen-bond donors (Lipinski definition) is 6. The maximum atomic E-state index is 12.9. The monoisotopic (exact) mass is 567 g/mol. The first kappa shape index (κ1) is 29.9. The molecule has 1 fully saturated rings. The van der Waals surface area contributed by atoms with E-state index in [1.54, 1.807) is 24.3 Å². The number of phenols is 1. The predicted molar refractivity (Wildman–Crippen MR) is 141 cm³/mol. The molecule has 1 saturated carbocycles. The highest BCUT2D eigenvalue weighted by molar-refractivity contribution is 6.30. The third-order valence-electron chi connectivity index (χ3n) is 6.14. The zero-order chi connectivity index (χ0) is 28.8.